The summed E-state index contributed by atoms with van der Waals surface area (Å²) in [6, 6.07) is 14.7. The molecule has 0 radical (unpaired) electrons. The van der Waals surface area contributed by atoms with Crippen LogP contribution in [0.1, 0.15) is 50.4 Å². The SMILES string of the molecule is CCCCCOc1ccc(C(=O)Nc2ccccc2OCC(C)C)cc1. The Morgan fingerprint density at radius 2 is 1.73 bits per heavy atom. The number of unbranched alkanes of at least 4 members (excludes halogenated alkanes) is 2. The number of amides is 1. The summed E-state index contributed by atoms with van der Waals surface area (Å²) >= 11 is 0. The van der Waals surface area contributed by atoms with Crippen molar-refractivity contribution in [1.82, 2.24) is 0 Å². The molecule has 4 nitrogen and oxygen atoms in total. The van der Waals surface area contributed by atoms with E-state index < -0.39 is 0 Å². The molecule has 140 valence electrons. The third kappa shape index (κ3) is 6.43. The summed E-state index contributed by atoms with van der Waals surface area (Å²) in [4.78, 5) is 12.5. The van der Waals surface area contributed by atoms with E-state index in [1.807, 2.05) is 36.4 Å². The average Bonchev–Trinajstić information content (AvgIpc) is 2.65. The Bertz CT molecular complexity index is 680. The van der Waals surface area contributed by atoms with E-state index in [4.69, 9.17) is 9.47 Å². The summed E-state index contributed by atoms with van der Waals surface area (Å²) in [7, 11) is 0. The highest BCUT2D eigenvalue weighted by atomic mass is 16.5. The van der Waals surface area contributed by atoms with Gasteiger partial charge in [-0.05, 0) is 48.7 Å². The minimum absolute atomic E-state index is 0.164. The second-order valence-electron chi connectivity index (χ2n) is 6.74. The minimum Gasteiger partial charge on any atom is -0.494 e. The van der Waals surface area contributed by atoms with Gasteiger partial charge in [-0.3, -0.25) is 4.79 Å². The van der Waals surface area contributed by atoms with Crippen LogP contribution in [0, 0.1) is 5.92 Å². The monoisotopic (exact) mass is 355 g/mol. The first-order valence-electron chi connectivity index (χ1n) is 9.36. The lowest BCUT2D eigenvalue weighted by molar-refractivity contribution is 0.102. The number of benzene rings is 2. The molecule has 0 aliphatic carbocycles. The molecule has 0 aliphatic heterocycles. The Labute approximate surface area is 156 Å². The molecule has 0 unspecified atom stereocenters. The zero-order chi connectivity index (χ0) is 18.8. The fourth-order valence-corrected chi connectivity index (χ4v) is 2.39. The Morgan fingerprint density at radius 1 is 1.00 bits per heavy atom. The van der Waals surface area contributed by atoms with Crippen LogP contribution in [0.4, 0.5) is 5.69 Å². The first-order valence-corrected chi connectivity index (χ1v) is 9.36. The highest BCUT2D eigenvalue weighted by molar-refractivity contribution is 6.05. The predicted molar refractivity (Wildman–Crippen MR) is 106 cm³/mol. The smallest absolute Gasteiger partial charge is 0.255 e. The molecular formula is C22H29NO3. The quantitative estimate of drug-likeness (QED) is 0.569. The van der Waals surface area contributed by atoms with Crippen LogP contribution in [0.25, 0.3) is 0 Å². The summed E-state index contributed by atoms with van der Waals surface area (Å²) in [5.74, 6) is 1.73. The summed E-state index contributed by atoms with van der Waals surface area (Å²) in [5.41, 5.74) is 1.27. The van der Waals surface area contributed by atoms with E-state index >= 15 is 0 Å². The number of anilines is 1. The van der Waals surface area contributed by atoms with Crippen LogP contribution < -0.4 is 14.8 Å². The number of para-hydroxylation sites is 2. The zero-order valence-corrected chi connectivity index (χ0v) is 16.0. The van der Waals surface area contributed by atoms with Crippen molar-refractivity contribution in [1.29, 1.82) is 0 Å². The Balaban J connectivity index is 1.95. The van der Waals surface area contributed by atoms with Gasteiger partial charge >= 0.3 is 0 Å². The molecule has 4 heteroatoms. The first kappa shape index (κ1) is 19.8. The lowest BCUT2D eigenvalue weighted by Gasteiger charge is -2.14. The van der Waals surface area contributed by atoms with Crippen molar-refractivity contribution in [3.05, 3.63) is 54.1 Å². The number of ether oxygens (including phenoxy) is 2. The number of hydrogen-bond acceptors (Lipinski definition) is 3. The third-order valence-corrected chi connectivity index (χ3v) is 3.84. The molecule has 0 saturated heterocycles. The van der Waals surface area contributed by atoms with Crippen molar-refractivity contribution in [3.8, 4) is 11.5 Å². The van der Waals surface area contributed by atoms with Crippen LogP contribution >= 0.6 is 0 Å². The summed E-state index contributed by atoms with van der Waals surface area (Å²) in [6.45, 7) is 7.66. The van der Waals surface area contributed by atoms with E-state index in [-0.39, 0.29) is 5.91 Å². The molecule has 0 aliphatic rings. The van der Waals surface area contributed by atoms with Gasteiger partial charge in [0.2, 0.25) is 0 Å². The van der Waals surface area contributed by atoms with E-state index in [9.17, 15) is 4.79 Å². The number of nitrogens with one attached hydrogen (secondary N) is 1. The molecule has 1 N–H and O–H groups in total. The number of carbonyl (C=O) groups is 1. The lowest BCUT2D eigenvalue weighted by Crippen LogP contribution is -2.14. The Hall–Kier alpha value is -2.49. The number of hydrogen-bond donors (Lipinski definition) is 1. The minimum atomic E-state index is -0.164. The fraction of sp³-hybridized carbons (Fsp3) is 0.409. The van der Waals surface area contributed by atoms with Gasteiger partial charge in [0.25, 0.3) is 5.91 Å². The molecule has 2 aromatic carbocycles. The van der Waals surface area contributed by atoms with Crippen molar-refractivity contribution in [2.24, 2.45) is 5.92 Å². The highest BCUT2D eigenvalue weighted by Crippen LogP contribution is 2.25. The second kappa shape index (κ2) is 10.5. The van der Waals surface area contributed by atoms with Crippen LogP contribution in [0.5, 0.6) is 11.5 Å². The molecule has 1 amide bonds. The van der Waals surface area contributed by atoms with Crippen molar-refractivity contribution in [3.63, 3.8) is 0 Å². The summed E-state index contributed by atoms with van der Waals surface area (Å²) in [5, 5.41) is 2.93. The lowest BCUT2D eigenvalue weighted by atomic mass is 10.2. The van der Waals surface area contributed by atoms with E-state index in [0.29, 0.717) is 36.1 Å². The molecule has 0 bridgehead atoms. The highest BCUT2D eigenvalue weighted by Gasteiger charge is 2.10. The van der Waals surface area contributed by atoms with Gasteiger partial charge in [0.05, 0.1) is 18.9 Å². The fourth-order valence-electron chi connectivity index (χ4n) is 2.39. The van der Waals surface area contributed by atoms with Crippen LogP contribution in [0.2, 0.25) is 0 Å². The Morgan fingerprint density at radius 3 is 2.42 bits per heavy atom. The van der Waals surface area contributed by atoms with Gasteiger partial charge in [-0.2, -0.15) is 0 Å². The summed E-state index contributed by atoms with van der Waals surface area (Å²) < 4.78 is 11.5. The van der Waals surface area contributed by atoms with Crippen molar-refractivity contribution < 1.29 is 14.3 Å². The van der Waals surface area contributed by atoms with Crippen molar-refractivity contribution >= 4 is 11.6 Å². The van der Waals surface area contributed by atoms with Gasteiger partial charge in [0.1, 0.15) is 11.5 Å². The van der Waals surface area contributed by atoms with Gasteiger partial charge in [-0.15, -0.1) is 0 Å². The van der Waals surface area contributed by atoms with Crippen LogP contribution in [0.3, 0.4) is 0 Å². The van der Waals surface area contributed by atoms with E-state index in [0.717, 1.165) is 12.2 Å². The number of carbonyl (C=O) groups excluding carboxylic acids is 1. The molecule has 26 heavy (non-hydrogen) atoms. The molecule has 0 aromatic heterocycles. The van der Waals surface area contributed by atoms with E-state index in [2.05, 4.69) is 26.1 Å². The molecule has 2 aromatic rings. The van der Waals surface area contributed by atoms with Gasteiger partial charge in [-0.1, -0.05) is 45.7 Å². The topological polar surface area (TPSA) is 47.6 Å². The maximum Gasteiger partial charge on any atom is 0.255 e. The van der Waals surface area contributed by atoms with Crippen LogP contribution in [-0.4, -0.2) is 19.1 Å². The van der Waals surface area contributed by atoms with Gasteiger partial charge in [0, 0.05) is 5.56 Å². The molecule has 0 atom stereocenters. The Kier molecular flexibility index (Phi) is 8.00. The van der Waals surface area contributed by atoms with Crippen molar-refractivity contribution in [2.75, 3.05) is 18.5 Å². The average molecular weight is 355 g/mol. The first-order chi connectivity index (χ1) is 12.6. The normalized spacial score (nSPS) is 10.6. The zero-order valence-electron chi connectivity index (χ0n) is 16.0. The largest absolute Gasteiger partial charge is 0.494 e. The third-order valence-electron chi connectivity index (χ3n) is 3.84. The van der Waals surface area contributed by atoms with Gasteiger partial charge in [-0.25, -0.2) is 0 Å². The van der Waals surface area contributed by atoms with E-state index in [1.54, 1.807) is 12.1 Å². The molecule has 0 spiro atoms. The predicted octanol–water partition coefficient (Wildman–Crippen LogP) is 5.54. The summed E-state index contributed by atoms with van der Waals surface area (Å²) in [6.07, 6.45) is 3.38. The van der Waals surface area contributed by atoms with Crippen molar-refractivity contribution in [2.45, 2.75) is 40.0 Å². The van der Waals surface area contributed by atoms with Crippen LogP contribution in [0.15, 0.2) is 48.5 Å². The maximum absolute atomic E-state index is 12.5. The molecule has 0 fully saturated rings. The van der Waals surface area contributed by atoms with Gasteiger partial charge in [0.15, 0.2) is 0 Å². The molecule has 0 saturated carbocycles. The van der Waals surface area contributed by atoms with Crippen LogP contribution in [-0.2, 0) is 0 Å². The molecule has 0 heterocycles. The standard InChI is InChI=1S/C22H29NO3/c1-4-5-8-15-25-19-13-11-18(12-14-19)22(24)23-20-9-6-7-10-21(20)26-16-17(2)3/h6-7,9-14,17H,4-5,8,15-16H2,1-3H3,(H,23,24). The maximum atomic E-state index is 12.5. The molecule has 2 rings (SSSR count). The van der Waals surface area contributed by atoms with E-state index in [1.165, 1.54) is 12.8 Å². The number of rotatable bonds is 10. The van der Waals surface area contributed by atoms with Gasteiger partial charge < -0.3 is 14.8 Å². The second-order valence-corrected chi connectivity index (χ2v) is 6.74. The molecular weight excluding hydrogens is 326 g/mol.